The van der Waals surface area contributed by atoms with Gasteiger partial charge in [-0.05, 0) is 6.92 Å². The first-order valence-corrected chi connectivity index (χ1v) is 8.08. The van der Waals surface area contributed by atoms with Crippen molar-refractivity contribution in [2.45, 2.75) is 19.4 Å². The number of aliphatic hydroxyl groups is 1. The molecule has 2 heterocycles. The van der Waals surface area contributed by atoms with Gasteiger partial charge in [0.1, 0.15) is 0 Å². The number of hydrogen-bond donors (Lipinski definition) is 1. The Bertz CT molecular complexity index is 691. The molecule has 1 aromatic carbocycles. The molecule has 20 heavy (non-hydrogen) atoms. The second kappa shape index (κ2) is 5.83. The van der Waals surface area contributed by atoms with E-state index < -0.39 is 6.10 Å². The van der Waals surface area contributed by atoms with Gasteiger partial charge in [0, 0.05) is 17.4 Å². The van der Waals surface area contributed by atoms with Gasteiger partial charge in [0.05, 0.1) is 32.9 Å². The lowest BCUT2D eigenvalue weighted by Gasteiger charge is -2.06. The normalized spacial score (nSPS) is 12.5. The maximum Gasteiger partial charge on any atom is 0.0964 e. The monoisotopic (exact) mass is 302 g/mol. The summed E-state index contributed by atoms with van der Waals surface area (Å²) in [6, 6.07) is 10.1. The zero-order valence-electron chi connectivity index (χ0n) is 11.0. The van der Waals surface area contributed by atoms with E-state index in [0.717, 1.165) is 26.8 Å². The summed E-state index contributed by atoms with van der Waals surface area (Å²) in [5.74, 6) is 0. The highest BCUT2D eigenvalue weighted by Gasteiger charge is 2.16. The average Bonchev–Trinajstić information content (AvgIpc) is 3.09. The van der Waals surface area contributed by atoms with Crippen LogP contribution in [-0.2, 0) is 6.42 Å². The van der Waals surface area contributed by atoms with Crippen LogP contribution >= 0.6 is 22.7 Å². The summed E-state index contributed by atoms with van der Waals surface area (Å²) in [6.07, 6.45) is 0.0258. The molecule has 1 unspecified atom stereocenters. The molecule has 2 aromatic heterocycles. The third-order valence-electron chi connectivity index (χ3n) is 3.07. The Labute approximate surface area is 125 Å². The molecule has 0 aliphatic heterocycles. The number of thiazole rings is 2. The lowest BCUT2D eigenvalue weighted by Crippen LogP contribution is -2.01. The summed E-state index contributed by atoms with van der Waals surface area (Å²) in [6.45, 7) is 1.92. The van der Waals surface area contributed by atoms with Gasteiger partial charge < -0.3 is 5.11 Å². The van der Waals surface area contributed by atoms with Gasteiger partial charge in [-0.25, -0.2) is 9.97 Å². The van der Waals surface area contributed by atoms with Crippen LogP contribution in [0.15, 0.2) is 41.2 Å². The summed E-state index contributed by atoms with van der Waals surface area (Å²) in [7, 11) is 0. The molecule has 5 heteroatoms. The van der Waals surface area contributed by atoms with E-state index in [-0.39, 0.29) is 0 Å². The average molecular weight is 302 g/mol. The third kappa shape index (κ3) is 2.80. The summed E-state index contributed by atoms with van der Waals surface area (Å²) >= 11 is 3.08. The van der Waals surface area contributed by atoms with E-state index in [0.29, 0.717) is 6.42 Å². The SMILES string of the molecule is Cc1ncsc1C(O)Cc1nc(-c2ccccc2)cs1. The van der Waals surface area contributed by atoms with Crippen LogP contribution in [0.5, 0.6) is 0 Å². The van der Waals surface area contributed by atoms with E-state index in [1.807, 2.05) is 42.6 Å². The Morgan fingerprint density at radius 1 is 1.20 bits per heavy atom. The predicted octanol–water partition coefficient (Wildman–Crippen LogP) is 3.85. The van der Waals surface area contributed by atoms with Crippen molar-refractivity contribution in [2.75, 3.05) is 0 Å². The number of hydrogen-bond acceptors (Lipinski definition) is 5. The van der Waals surface area contributed by atoms with Crippen molar-refractivity contribution in [1.29, 1.82) is 0 Å². The minimum absolute atomic E-state index is 0.516. The maximum atomic E-state index is 10.3. The van der Waals surface area contributed by atoms with Crippen molar-refractivity contribution < 1.29 is 5.11 Å². The minimum Gasteiger partial charge on any atom is -0.387 e. The van der Waals surface area contributed by atoms with E-state index in [1.54, 1.807) is 16.8 Å². The molecule has 0 saturated carbocycles. The van der Waals surface area contributed by atoms with Gasteiger partial charge in [0.15, 0.2) is 0 Å². The number of nitrogens with zero attached hydrogens (tertiary/aromatic N) is 2. The van der Waals surface area contributed by atoms with E-state index in [1.165, 1.54) is 11.3 Å². The number of aryl methyl sites for hydroxylation is 1. The highest BCUT2D eigenvalue weighted by molar-refractivity contribution is 7.10. The van der Waals surface area contributed by atoms with E-state index >= 15 is 0 Å². The number of rotatable bonds is 4. The Hall–Kier alpha value is -1.56. The lowest BCUT2D eigenvalue weighted by molar-refractivity contribution is 0.181. The largest absolute Gasteiger partial charge is 0.387 e. The standard InChI is InChI=1S/C15H14N2OS2/c1-10-15(20-9-16-10)13(18)7-14-17-12(8-19-14)11-5-3-2-4-6-11/h2-6,8-9,13,18H,7H2,1H3. The Balaban J connectivity index is 1.76. The van der Waals surface area contributed by atoms with Gasteiger partial charge in [-0.2, -0.15) is 0 Å². The molecule has 0 spiro atoms. The fourth-order valence-electron chi connectivity index (χ4n) is 2.03. The van der Waals surface area contributed by atoms with Crippen LogP contribution in [0.2, 0.25) is 0 Å². The zero-order chi connectivity index (χ0) is 13.9. The molecule has 0 bridgehead atoms. The number of aromatic nitrogens is 2. The maximum absolute atomic E-state index is 10.3. The van der Waals surface area contributed by atoms with E-state index in [9.17, 15) is 5.11 Å². The molecule has 0 saturated heterocycles. The highest BCUT2D eigenvalue weighted by Crippen LogP contribution is 2.28. The molecule has 0 amide bonds. The Kier molecular flexibility index (Phi) is 3.91. The van der Waals surface area contributed by atoms with Crippen LogP contribution in [-0.4, -0.2) is 15.1 Å². The van der Waals surface area contributed by atoms with Crippen LogP contribution in [0.4, 0.5) is 0 Å². The van der Waals surface area contributed by atoms with Crippen molar-refractivity contribution in [1.82, 2.24) is 9.97 Å². The first kappa shape index (κ1) is 13.4. The van der Waals surface area contributed by atoms with E-state index in [4.69, 9.17) is 0 Å². The molecular weight excluding hydrogens is 288 g/mol. The van der Waals surface area contributed by atoms with Crippen molar-refractivity contribution in [3.05, 3.63) is 56.8 Å². The first-order chi connectivity index (χ1) is 9.74. The molecule has 3 rings (SSSR count). The molecule has 0 aliphatic carbocycles. The summed E-state index contributed by atoms with van der Waals surface area (Å²) in [5, 5.41) is 13.2. The third-order valence-corrected chi connectivity index (χ3v) is 4.98. The molecule has 1 N–H and O–H groups in total. The Morgan fingerprint density at radius 3 is 2.70 bits per heavy atom. The van der Waals surface area contributed by atoms with Gasteiger partial charge in [-0.3, -0.25) is 0 Å². The van der Waals surface area contributed by atoms with Crippen LogP contribution in [0, 0.1) is 6.92 Å². The highest BCUT2D eigenvalue weighted by atomic mass is 32.1. The van der Waals surface area contributed by atoms with Crippen molar-refractivity contribution in [3.63, 3.8) is 0 Å². The topological polar surface area (TPSA) is 46.0 Å². The van der Waals surface area contributed by atoms with Gasteiger partial charge >= 0.3 is 0 Å². The lowest BCUT2D eigenvalue weighted by atomic mass is 10.2. The van der Waals surface area contributed by atoms with Crippen LogP contribution in [0.1, 0.15) is 21.7 Å². The molecule has 3 nitrogen and oxygen atoms in total. The fourth-order valence-corrected chi connectivity index (χ4v) is 3.66. The van der Waals surface area contributed by atoms with Crippen LogP contribution < -0.4 is 0 Å². The zero-order valence-corrected chi connectivity index (χ0v) is 12.6. The fraction of sp³-hybridized carbons (Fsp3) is 0.200. The van der Waals surface area contributed by atoms with Crippen molar-refractivity contribution in [2.24, 2.45) is 0 Å². The number of aliphatic hydroxyl groups excluding tert-OH is 1. The summed E-state index contributed by atoms with van der Waals surface area (Å²) in [5.41, 5.74) is 4.75. The second-order valence-electron chi connectivity index (χ2n) is 4.51. The second-order valence-corrected chi connectivity index (χ2v) is 6.34. The molecule has 0 fully saturated rings. The molecule has 102 valence electrons. The molecule has 1 atom stereocenters. The molecule has 0 aliphatic rings. The van der Waals surface area contributed by atoms with Crippen molar-refractivity contribution in [3.8, 4) is 11.3 Å². The molecule has 3 aromatic rings. The Morgan fingerprint density at radius 2 is 2.00 bits per heavy atom. The van der Waals surface area contributed by atoms with Crippen LogP contribution in [0.25, 0.3) is 11.3 Å². The van der Waals surface area contributed by atoms with Gasteiger partial charge in [0.25, 0.3) is 0 Å². The molecule has 0 radical (unpaired) electrons. The minimum atomic E-state index is -0.516. The summed E-state index contributed by atoms with van der Waals surface area (Å²) < 4.78 is 0. The van der Waals surface area contributed by atoms with Gasteiger partial charge in [-0.15, -0.1) is 22.7 Å². The van der Waals surface area contributed by atoms with Gasteiger partial charge in [0.2, 0.25) is 0 Å². The van der Waals surface area contributed by atoms with E-state index in [2.05, 4.69) is 9.97 Å². The first-order valence-electron chi connectivity index (χ1n) is 6.32. The van der Waals surface area contributed by atoms with Crippen molar-refractivity contribution >= 4 is 22.7 Å². The number of benzene rings is 1. The molecular formula is C15H14N2OS2. The van der Waals surface area contributed by atoms with Gasteiger partial charge in [-0.1, -0.05) is 30.3 Å². The van der Waals surface area contributed by atoms with Crippen LogP contribution in [0.3, 0.4) is 0 Å². The predicted molar refractivity (Wildman–Crippen MR) is 83.1 cm³/mol. The smallest absolute Gasteiger partial charge is 0.0964 e. The quantitative estimate of drug-likeness (QED) is 0.796. The summed E-state index contributed by atoms with van der Waals surface area (Å²) in [4.78, 5) is 9.71.